The minimum absolute atomic E-state index is 0.170. The van der Waals surface area contributed by atoms with Gasteiger partial charge in [-0.15, -0.1) is 0 Å². The number of unbranched alkanes of at least 4 members (excludes halogenated alkanes) is 44. The van der Waals surface area contributed by atoms with Crippen molar-refractivity contribution in [1.29, 1.82) is 0 Å². The van der Waals surface area contributed by atoms with Crippen molar-refractivity contribution in [3.05, 3.63) is 12.2 Å². The minimum atomic E-state index is -1.56. The average Bonchev–Trinajstić information content (AvgIpc) is 3.36. The van der Waals surface area contributed by atoms with E-state index < -0.39 is 49.5 Å². The normalized spacial score (nSPS) is 19.3. The van der Waals surface area contributed by atoms with Crippen molar-refractivity contribution < 1.29 is 39.8 Å². The summed E-state index contributed by atoms with van der Waals surface area (Å²) < 4.78 is 11.3. The zero-order valence-corrected chi connectivity index (χ0v) is 46.3. The maximum Gasteiger partial charge on any atom is 0.220 e. The molecule has 0 bridgehead atoms. The fourth-order valence-electron chi connectivity index (χ4n) is 10.2. The van der Waals surface area contributed by atoms with Crippen LogP contribution in [0.5, 0.6) is 0 Å². The second kappa shape index (κ2) is 51.4. The number of aliphatic hydroxyl groups excluding tert-OH is 5. The third-order valence-electron chi connectivity index (χ3n) is 15.1. The Kier molecular flexibility index (Phi) is 49.2. The number of nitrogens with one attached hydrogen (secondary N) is 1. The number of hydrogen-bond donors (Lipinski definition) is 6. The molecule has 1 aliphatic rings. The van der Waals surface area contributed by atoms with Gasteiger partial charge in [-0.05, 0) is 19.3 Å². The number of hydrogen-bond acceptors (Lipinski definition) is 8. The molecule has 6 N–H and O–H groups in total. The molecule has 0 aliphatic carbocycles. The van der Waals surface area contributed by atoms with E-state index >= 15 is 0 Å². The van der Waals surface area contributed by atoms with Crippen LogP contribution in [0, 0.1) is 0 Å². The molecule has 0 radical (unpaired) electrons. The zero-order valence-electron chi connectivity index (χ0n) is 46.3. The highest BCUT2D eigenvalue weighted by Crippen LogP contribution is 2.23. The van der Waals surface area contributed by atoms with Crippen molar-refractivity contribution in [2.45, 2.75) is 358 Å². The smallest absolute Gasteiger partial charge is 0.220 e. The molecular formula is C61H119NO8. The van der Waals surface area contributed by atoms with Crippen LogP contribution in [-0.4, -0.2) is 87.5 Å². The summed E-state index contributed by atoms with van der Waals surface area (Å²) in [4.78, 5) is 13.0. The number of amides is 1. The molecule has 0 aromatic carbocycles. The molecular weight excluding hydrogens is 875 g/mol. The van der Waals surface area contributed by atoms with E-state index in [4.69, 9.17) is 9.47 Å². The molecule has 0 saturated carbocycles. The number of rotatable bonds is 54. The van der Waals surface area contributed by atoms with Gasteiger partial charge in [-0.1, -0.05) is 302 Å². The molecule has 1 fully saturated rings. The van der Waals surface area contributed by atoms with Crippen LogP contribution in [0.15, 0.2) is 12.2 Å². The number of ether oxygens (including phenoxy) is 2. The average molecular weight is 995 g/mol. The van der Waals surface area contributed by atoms with Gasteiger partial charge in [0.25, 0.3) is 0 Å². The van der Waals surface area contributed by atoms with Gasteiger partial charge in [0, 0.05) is 6.42 Å². The quantitative estimate of drug-likeness (QED) is 0.0261. The van der Waals surface area contributed by atoms with E-state index in [9.17, 15) is 30.3 Å². The van der Waals surface area contributed by atoms with Gasteiger partial charge in [0.1, 0.15) is 24.4 Å². The summed E-state index contributed by atoms with van der Waals surface area (Å²) in [6.45, 7) is 3.81. The summed E-state index contributed by atoms with van der Waals surface area (Å²) in [5.74, 6) is -0.170. The van der Waals surface area contributed by atoms with E-state index in [0.717, 1.165) is 38.5 Å². The van der Waals surface area contributed by atoms with Gasteiger partial charge in [0.05, 0.1) is 25.4 Å². The summed E-state index contributed by atoms with van der Waals surface area (Å²) in [6, 6.07) is -0.800. The second-order valence-electron chi connectivity index (χ2n) is 21.9. The van der Waals surface area contributed by atoms with Crippen molar-refractivity contribution >= 4 is 5.91 Å². The van der Waals surface area contributed by atoms with E-state index in [1.54, 1.807) is 6.08 Å². The van der Waals surface area contributed by atoms with Crippen LogP contribution < -0.4 is 5.32 Å². The molecule has 70 heavy (non-hydrogen) atoms. The lowest BCUT2D eigenvalue weighted by molar-refractivity contribution is -0.302. The van der Waals surface area contributed by atoms with Crippen LogP contribution in [0.2, 0.25) is 0 Å². The Bertz CT molecular complexity index is 1110. The predicted octanol–water partition coefficient (Wildman–Crippen LogP) is 15.6. The molecule has 9 nitrogen and oxygen atoms in total. The Hall–Kier alpha value is -1.07. The first-order valence-electron chi connectivity index (χ1n) is 30.9. The maximum absolute atomic E-state index is 13.0. The van der Waals surface area contributed by atoms with Crippen LogP contribution in [-0.2, 0) is 14.3 Å². The molecule has 416 valence electrons. The molecule has 1 rings (SSSR count). The molecule has 7 atom stereocenters. The van der Waals surface area contributed by atoms with E-state index in [1.807, 2.05) is 6.08 Å². The van der Waals surface area contributed by atoms with Gasteiger partial charge in [-0.25, -0.2) is 0 Å². The predicted molar refractivity (Wildman–Crippen MR) is 295 cm³/mol. The molecule has 0 aromatic rings. The summed E-state index contributed by atoms with van der Waals surface area (Å²) >= 11 is 0. The first kappa shape index (κ1) is 66.9. The maximum atomic E-state index is 13.0. The lowest BCUT2D eigenvalue weighted by atomic mass is 9.99. The molecule has 1 heterocycles. The lowest BCUT2D eigenvalue weighted by Gasteiger charge is -2.40. The summed E-state index contributed by atoms with van der Waals surface area (Å²) in [6.07, 6.45) is 57.4. The third kappa shape index (κ3) is 40.3. The fraction of sp³-hybridized carbons (Fsp3) is 0.951. The topological polar surface area (TPSA) is 149 Å². The van der Waals surface area contributed by atoms with E-state index in [2.05, 4.69) is 19.2 Å². The van der Waals surface area contributed by atoms with Gasteiger partial charge >= 0.3 is 0 Å². The van der Waals surface area contributed by atoms with Crippen LogP contribution in [0.4, 0.5) is 0 Å². The molecule has 1 amide bonds. The highest BCUT2D eigenvalue weighted by molar-refractivity contribution is 5.76. The van der Waals surface area contributed by atoms with E-state index in [0.29, 0.717) is 6.42 Å². The first-order chi connectivity index (χ1) is 34.3. The Morgan fingerprint density at radius 1 is 0.471 bits per heavy atom. The van der Waals surface area contributed by atoms with Gasteiger partial charge in [-0.3, -0.25) is 4.79 Å². The van der Waals surface area contributed by atoms with E-state index in [-0.39, 0.29) is 12.5 Å². The lowest BCUT2D eigenvalue weighted by Crippen LogP contribution is -2.60. The first-order valence-corrected chi connectivity index (χ1v) is 30.9. The highest BCUT2D eigenvalue weighted by Gasteiger charge is 2.44. The minimum Gasteiger partial charge on any atom is -0.394 e. The van der Waals surface area contributed by atoms with Crippen LogP contribution in [0.1, 0.15) is 316 Å². The van der Waals surface area contributed by atoms with Gasteiger partial charge in [0.15, 0.2) is 6.29 Å². The molecule has 0 aromatic heterocycles. The van der Waals surface area contributed by atoms with Gasteiger partial charge in [-0.2, -0.15) is 0 Å². The van der Waals surface area contributed by atoms with Crippen LogP contribution >= 0.6 is 0 Å². The Morgan fingerprint density at radius 2 is 0.786 bits per heavy atom. The third-order valence-corrected chi connectivity index (χ3v) is 15.1. The number of carbonyl (C=O) groups excluding carboxylic acids is 1. The molecule has 2 unspecified atom stereocenters. The summed E-state index contributed by atoms with van der Waals surface area (Å²) in [5, 5.41) is 54.5. The van der Waals surface area contributed by atoms with Gasteiger partial charge < -0.3 is 40.3 Å². The van der Waals surface area contributed by atoms with Crippen molar-refractivity contribution in [1.82, 2.24) is 5.32 Å². The molecule has 0 spiro atoms. The van der Waals surface area contributed by atoms with Crippen molar-refractivity contribution in [2.75, 3.05) is 13.2 Å². The second-order valence-corrected chi connectivity index (χ2v) is 21.9. The fourth-order valence-corrected chi connectivity index (χ4v) is 10.2. The summed E-state index contributed by atoms with van der Waals surface area (Å²) in [5.41, 5.74) is 0. The Morgan fingerprint density at radius 3 is 1.11 bits per heavy atom. The Balaban J connectivity index is 2.08. The van der Waals surface area contributed by atoms with Crippen molar-refractivity contribution in [2.24, 2.45) is 0 Å². The van der Waals surface area contributed by atoms with Crippen LogP contribution in [0.3, 0.4) is 0 Å². The standard InChI is InChI=1S/C61H119NO8/c1-3-5-7-9-11-13-15-17-19-20-21-22-23-24-25-26-27-28-29-30-31-32-33-34-35-36-37-39-41-43-45-47-49-51-57(65)62-54(53-69-61-60(68)59(67)58(66)56(52-63)70-61)55(64)50-48-46-44-42-40-38-18-16-14-12-10-8-6-4-2/h48,50,54-56,58-61,63-64,66-68H,3-47,49,51-53H2,1-2H3,(H,62,65)/b50-48+/t54-,55+,56+,58-,59?,60?,61+/m0/s1. The monoisotopic (exact) mass is 994 g/mol. The molecule has 1 saturated heterocycles. The number of carbonyl (C=O) groups is 1. The zero-order chi connectivity index (χ0) is 50.8. The SMILES string of the molecule is CCCCCCCCCCCCCC/C=C/[C@@H](O)[C@H](CO[C@@H]1O[C@H](CO)[C@H](O)C(O)C1O)NC(=O)CCCCCCCCCCCCCCCCCCCCCCCCCCCCCCCCCCC. The highest BCUT2D eigenvalue weighted by atomic mass is 16.7. The molecule has 1 aliphatic heterocycles. The van der Waals surface area contributed by atoms with Crippen molar-refractivity contribution in [3.8, 4) is 0 Å². The van der Waals surface area contributed by atoms with Crippen LogP contribution in [0.25, 0.3) is 0 Å². The Labute approximate surface area is 433 Å². The van der Waals surface area contributed by atoms with Crippen molar-refractivity contribution in [3.63, 3.8) is 0 Å². The molecule has 9 heteroatoms. The van der Waals surface area contributed by atoms with Gasteiger partial charge in [0.2, 0.25) is 5.91 Å². The number of aliphatic hydroxyl groups is 5. The van der Waals surface area contributed by atoms with E-state index in [1.165, 1.54) is 257 Å². The summed E-state index contributed by atoms with van der Waals surface area (Å²) in [7, 11) is 0. The number of allylic oxidation sites excluding steroid dienone is 1. The largest absolute Gasteiger partial charge is 0.394 e.